The van der Waals surface area contributed by atoms with E-state index in [0.717, 1.165) is 15.9 Å². The topological polar surface area (TPSA) is 52.7 Å². The van der Waals surface area contributed by atoms with Crippen molar-refractivity contribution in [2.45, 2.75) is 13.8 Å². The Balaban J connectivity index is 2.39. The first kappa shape index (κ1) is 13.1. The summed E-state index contributed by atoms with van der Waals surface area (Å²) in [6.45, 7) is 3.69. The summed E-state index contributed by atoms with van der Waals surface area (Å²) in [5, 5.41) is 4.27. The fraction of sp³-hybridized carbons (Fsp3) is 0.214. The van der Waals surface area contributed by atoms with E-state index in [1.165, 1.54) is 0 Å². The van der Waals surface area contributed by atoms with Crippen molar-refractivity contribution in [3.05, 3.63) is 50.6 Å². The molecule has 0 amide bonds. The Morgan fingerprint density at radius 3 is 2.45 bits per heavy atom. The Morgan fingerprint density at radius 2 is 1.80 bits per heavy atom. The number of aromatic nitrogens is 4. The second-order valence-electron chi connectivity index (χ2n) is 4.68. The highest BCUT2D eigenvalue weighted by atomic mass is 79.9. The second-order valence-corrected chi connectivity index (χ2v) is 5.60. The maximum Gasteiger partial charge on any atom is 0.284 e. The Labute approximate surface area is 124 Å². The quantitative estimate of drug-likeness (QED) is 0.688. The Bertz CT molecular complexity index is 861. The number of benzene rings is 1. The van der Waals surface area contributed by atoms with Gasteiger partial charge in [-0.1, -0.05) is 15.9 Å². The molecule has 0 aliphatic carbocycles. The van der Waals surface area contributed by atoms with Crippen LogP contribution in [0.1, 0.15) is 11.5 Å². The van der Waals surface area contributed by atoms with Gasteiger partial charge in [-0.05, 0) is 38.1 Å². The summed E-state index contributed by atoms with van der Waals surface area (Å²) >= 11 is 3.39. The molecule has 0 N–H and O–H groups in total. The lowest BCUT2D eigenvalue weighted by molar-refractivity contribution is 0.773. The van der Waals surface area contributed by atoms with Gasteiger partial charge < -0.3 is 0 Å². The highest BCUT2D eigenvalue weighted by molar-refractivity contribution is 9.10. The van der Waals surface area contributed by atoms with Crippen LogP contribution in [0.25, 0.3) is 16.7 Å². The minimum absolute atomic E-state index is 0.0991. The van der Waals surface area contributed by atoms with Crippen molar-refractivity contribution in [1.82, 2.24) is 19.3 Å². The van der Waals surface area contributed by atoms with E-state index >= 15 is 0 Å². The zero-order valence-corrected chi connectivity index (χ0v) is 13.0. The van der Waals surface area contributed by atoms with Crippen molar-refractivity contribution in [2.24, 2.45) is 7.05 Å². The number of nitrogens with zero attached hydrogens (tertiary/aromatic N) is 4. The zero-order valence-electron chi connectivity index (χ0n) is 11.4. The Kier molecular flexibility index (Phi) is 2.97. The maximum atomic E-state index is 12.7. The number of aryl methyl sites for hydroxylation is 3. The van der Waals surface area contributed by atoms with Gasteiger partial charge in [0.25, 0.3) is 5.56 Å². The van der Waals surface area contributed by atoms with E-state index in [9.17, 15) is 4.79 Å². The summed E-state index contributed by atoms with van der Waals surface area (Å²) in [7, 11) is 1.76. The summed E-state index contributed by atoms with van der Waals surface area (Å²) in [4.78, 5) is 17.2. The minimum Gasteiger partial charge on any atom is -0.266 e. The van der Waals surface area contributed by atoms with Gasteiger partial charge in [0.1, 0.15) is 11.3 Å². The monoisotopic (exact) mass is 332 g/mol. The summed E-state index contributed by atoms with van der Waals surface area (Å²) in [6.07, 6.45) is 0. The first-order chi connectivity index (χ1) is 9.49. The smallest absolute Gasteiger partial charge is 0.266 e. The third kappa shape index (κ3) is 1.87. The molecule has 102 valence electrons. The SMILES string of the molecule is Cc1nn(C)c2c(=O)n(-c3ccc(Br)cc3)c(C)nc12. The van der Waals surface area contributed by atoms with Gasteiger partial charge in [-0.2, -0.15) is 5.10 Å². The largest absolute Gasteiger partial charge is 0.284 e. The highest BCUT2D eigenvalue weighted by Gasteiger charge is 2.15. The molecule has 0 aliphatic rings. The van der Waals surface area contributed by atoms with Crippen LogP contribution in [0.15, 0.2) is 33.5 Å². The molecule has 6 heteroatoms. The summed E-state index contributed by atoms with van der Waals surface area (Å²) < 4.78 is 4.17. The minimum atomic E-state index is -0.0991. The van der Waals surface area contributed by atoms with E-state index in [4.69, 9.17) is 0 Å². The number of halogens is 1. The van der Waals surface area contributed by atoms with Crippen LogP contribution in [0.5, 0.6) is 0 Å². The van der Waals surface area contributed by atoms with E-state index in [0.29, 0.717) is 16.9 Å². The van der Waals surface area contributed by atoms with Crippen LogP contribution < -0.4 is 5.56 Å². The molecule has 0 spiro atoms. The third-order valence-corrected chi connectivity index (χ3v) is 3.81. The van der Waals surface area contributed by atoms with Crippen LogP contribution in [0.2, 0.25) is 0 Å². The zero-order chi connectivity index (χ0) is 14.4. The number of fused-ring (bicyclic) bond motifs is 1. The van der Waals surface area contributed by atoms with Crippen LogP contribution in [0.3, 0.4) is 0 Å². The van der Waals surface area contributed by atoms with Gasteiger partial charge in [0.05, 0.1) is 11.4 Å². The second kappa shape index (κ2) is 4.56. The van der Waals surface area contributed by atoms with Gasteiger partial charge in [-0.3, -0.25) is 14.0 Å². The fourth-order valence-electron chi connectivity index (χ4n) is 2.38. The van der Waals surface area contributed by atoms with Gasteiger partial charge in [0.2, 0.25) is 0 Å². The predicted octanol–water partition coefficient (Wildman–Crippen LogP) is 2.50. The summed E-state index contributed by atoms with van der Waals surface area (Å²) in [5.41, 5.74) is 2.66. The molecule has 0 bridgehead atoms. The molecule has 1 aromatic carbocycles. The van der Waals surface area contributed by atoms with E-state index in [-0.39, 0.29) is 5.56 Å². The molecule has 0 unspecified atom stereocenters. The third-order valence-electron chi connectivity index (χ3n) is 3.28. The molecule has 0 radical (unpaired) electrons. The average Bonchev–Trinajstić information content (AvgIpc) is 2.67. The molecule has 20 heavy (non-hydrogen) atoms. The predicted molar refractivity (Wildman–Crippen MR) is 81.3 cm³/mol. The van der Waals surface area contributed by atoms with Crippen LogP contribution >= 0.6 is 15.9 Å². The van der Waals surface area contributed by atoms with E-state index in [1.54, 1.807) is 16.3 Å². The summed E-state index contributed by atoms with van der Waals surface area (Å²) in [6, 6.07) is 7.57. The molecule has 3 rings (SSSR count). The van der Waals surface area contributed by atoms with Gasteiger partial charge in [-0.25, -0.2) is 4.98 Å². The lowest BCUT2D eigenvalue weighted by Crippen LogP contribution is -2.23. The Morgan fingerprint density at radius 1 is 1.15 bits per heavy atom. The maximum absolute atomic E-state index is 12.7. The van der Waals surface area contributed by atoms with Crippen LogP contribution in [0.4, 0.5) is 0 Å². The van der Waals surface area contributed by atoms with Crippen LogP contribution in [-0.4, -0.2) is 19.3 Å². The lowest BCUT2D eigenvalue weighted by Gasteiger charge is -2.09. The molecule has 5 nitrogen and oxygen atoms in total. The molecule has 0 saturated carbocycles. The lowest BCUT2D eigenvalue weighted by atomic mass is 10.3. The molecule has 3 aromatic rings. The summed E-state index contributed by atoms with van der Waals surface area (Å²) in [5.74, 6) is 0.654. The number of hydrogen-bond acceptors (Lipinski definition) is 3. The molecule has 0 saturated heterocycles. The van der Waals surface area contributed by atoms with Crippen molar-refractivity contribution in [2.75, 3.05) is 0 Å². The molecule has 2 heterocycles. The fourth-order valence-corrected chi connectivity index (χ4v) is 2.64. The first-order valence-electron chi connectivity index (χ1n) is 6.18. The van der Waals surface area contributed by atoms with Crippen LogP contribution in [0, 0.1) is 13.8 Å². The molecular formula is C14H13BrN4O. The Hall–Kier alpha value is -1.95. The number of hydrogen-bond donors (Lipinski definition) is 0. The average molecular weight is 333 g/mol. The molecule has 2 aromatic heterocycles. The normalized spacial score (nSPS) is 11.2. The standard InChI is InChI=1S/C14H13BrN4O/c1-8-12-13(18(3)17-8)14(20)19(9(2)16-12)11-6-4-10(15)5-7-11/h4-7H,1-3H3. The highest BCUT2D eigenvalue weighted by Crippen LogP contribution is 2.17. The number of rotatable bonds is 1. The van der Waals surface area contributed by atoms with E-state index < -0.39 is 0 Å². The molecule has 0 atom stereocenters. The van der Waals surface area contributed by atoms with Crippen LogP contribution in [-0.2, 0) is 7.05 Å². The molecular weight excluding hydrogens is 320 g/mol. The van der Waals surface area contributed by atoms with E-state index in [1.807, 2.05) is 38.1 Å². The molecule has 0 aliphatic heterocycles. The van der Waals surface area contributed by atoms with Gasteiger partial charge >= 0.3 is 0 Å². The van der Waals surface area contributed by atoms with Gasteiger partial charge in [0.15, 0.2) is 5.52 Å². The molecule has 0 fully saturated rings. The van der Waals surface area contributed by atoms with Gasteiger partial charge in [0, 0.05) is 11.5 Å². The van der Waals surface area contributed by atoms with Gasteiger partial charge in [-0.15, -0.1) is 0 Å². The van der Waals surface area contributed by atoms with Crippen molar-refractivity contribution >= 4 is 27.0 Å². The van der Waals surface area contributed by atoms with Crippen molar-refractivity contribution < 1.29 is 0 Å². The van der Waals surface area contributed by atoms with Crippen molar-refractivity contribution in [3.63, 3.8) is 0 Å². The van der Waals surface area contributed by atoms with Crippen molar-refractivity contribution in [1.29, 1.82) is 0 Å². The first-order valence-corrected chi connectivity index (χ1v) is 6.97. The van der Waals surface area contributed by atoms with E-state index in [2.05, 4.69) is 26.0 Å². The van der Waals surface area contributed by atoms with Crippen molar-refractivity contribution in [3.8, 4) is 5.69 Å².